The lowest BCUT2D eigenvalue weighted by atomic mass is 9.98. The van der Waals surface area contributed by atoms with E-state index in [1.165, 1.54) is 0 Å². The Hall–Kier alpha value is -3.39. The summed E-state index contributed by atoms with van der Waals surface area (Å²) in [6, 6.07) is 15.0. The van der Waals surface area contributed by atoms with Gasteiger partial charge in [-0.05, 0) is 47.4 Å². The Balaban J connectivity index is 1.17. The first-order valence-corrected chi connectivity index (χ1v) is 11.7. The molecule has 34 heavy (non-hydrogen) atoms. The van der Waals surface area contributed by atoms with Crippen molar-refractivity contribution in [2.45, 2.75) is 43.7 Å². The van der Waals surface area contributed by atoms with Crippen molar-refractivity contribution in [1.82, 2.24) is 10.6 Å². The standard InChI is InChI=1S/C26H28N2O6/c29-10-9-22(23(30)31)28-24(32)26-12-15(26)11-16(13-26)27-25(33)34-14-21-19-7-3-1-5-17(19)18-6-2-4-8-20(18)21/h1-8,15-16,21-22,29H,9-14H2,(H,27,33)(H,28,32)(H,30,31). The number of carboxylic acids is 1. The molecule has 8 nitrogen and oxygen atoms in total. The summed E-state index contributed by atoms with van der Waals surface area (Å²) < 4.78 is 5.62. The Morgan fingerprint density at radius 1 is 1.03 bits per heavy atom. The fraction of sp³-hybridized carbons (Fsp3) is 0.423. The maximum absolute atomic E-state index is 12.8. The average Bonchev–Trinajstić information content (AvgIpc) is 3.25. The minimum atomic E-state index is -1.16. The first kappa shape index (κ1) is 22.4. The number of aliphatic hydroxyl groups excluding tert-OH is 1. The number of aliphatic carboxylic acids is 1. The zero-order valence-electron chi connectivity index (χ0n) is 18.7. The molecule has 2 fully saturated rings. The lowest BCUT2D eigenvalue weighted by Crippen LogP contribution is -2.45. The van der Waals surface area contributed by atoms with Crippen molar-refractivity contribution in [2.75, 3.05) is 13.2 Å². The molecule has 3 aliphatic carbocycles. The van der Waals surface area contributed by atoms with Gasteiger partial charge in [-0.15, -0.1) is 0 Å². The van der Waals surface area contributed by atoms with Crippen molar-refractivity contribution in [3.63, 3.8) is 0 Å². The molecule has 5 rings (SSSR count). The molecule has 0 spiro atoms. The molecule has 0 aromatic heterocycles. The molecule has 178 valence electrons. The second-order valence-corrected chi connectivity index (χ2v) is 9.54. The van der Waals surface area contributed by atoms with Crippen LogP contribution in [0, 0.1) is 11.3 Å². The summed E-state index contributed by atoms with van der Waals surface area (Å²) in [6.07, 6.45) is 1.26. The van der Waals surface area contributed by atoms with Crippen LogP contribution in [0.3, 0.4) is 0 Å². The van der Waals surface area contributed by atoms with Gasteiger partial charge in [-0.1, -0.05) is 48.5 Å². The Bertz CT molecular complexity index is 1090. The average molecular weight is 465 g/mol. The third-order valence-electron chi connectivity index (χ3n) is 7.55. The molecular weight excluding hydrogens is 436 g/mol. The normalized spacial score (nSPS) is 25.0. The maximum Gasteiger partial charge on any atom is 0.407 e. The second-order valence-electron chi connectivity index (χ2n) is 9.54. The highest BCUT2D eigenvalue weighted by Gasteiger charge is 2.65. The van der Waals surface area contributed by atoms with Gasteiger partial charge in [-0.2, -0.15) is 0 Å². The van der Waals surface area contributed by atoms with Crippen LogP contribution in [0.5, 0.6) is 0 Å². The van der Waals surface area contributed by atoms with Gasteiger partial charge in [-0.25, -0.2) is 9.59 Å². The van der Waals surface area contributed by atoms with Gasteiger partial charge in [0.2, 0.25) is 5.91 Å². The molecule has 2 aromatic carbocycles. The van der Waals surface area contributed by atoms with Crippen LogP contribution in [0.4, 0.5) is 4.79 Å². The van der Waals surface area contributed by atoms with Gasteiger partial charge < -0.3 is 25.6 Å². The van der Waals surface area contributed by atoms with E-state index in [0.29, 0.717) is 19.3 Å². The second kappa shape index (κ2) is 8.76. The number of ether oxygens (including phenoxy) is 1. The summed E-state index contributed by atoms with van der Waals surface area (Å²) in [5, 5.41) is 23.7. The number of rotatable bonds is 8. The lowest BCUT2D eigenvalue weighted by molar-refractivity contribution is -0.143. The predicted molar refractivity (Wildman–Crippen MR) is 123 cm³/mol. The summed E-state index contributed by atoms with van der Waals surface area (Å²) in [7, 11) is 0. The topological polar surface area (TPSA) is 125 Å². The number of benzene rings is 2. The van der Waals surface area contributed by atoms with E-state index >= 15 is 0 Å². The largest absolute Gasteiger partial charge is 0.480 e. The number of aliphatic hydroxyl groups is 1. The Labute approximate surface area is 197 Å². The highest BCUT2D eigenvalue weighted by molar-refractivity contribution is 5.90. The van der Waals surface area contributed by atoms with Crippen LogP contribution in [-0.2, 0) is 14.3 Å². The molecule has 4 N–H and O–H groups in total. The van der Waals surface area contributed by atoms with E-state index in [-0.39, 0.29) is 43.4 Å². The van der Waals surface area contributed by atoms with Gasteiger partial charge in [-0.3, -0.25) is 4.79 Å². The Morgan fingerprint density at radius 3 is 2.29 bits per heavy atom. The first-order chi connectivity index (χ1) is 16.4. The van der Waals surface area contributed by atoms with Crippen LogP contribution in [-0.4, -0.2) is 53.5 Å². The van der Waals surface area contributed by atoms with Gasteiger partial charge in [0.05, 0.1) is 5.41 Å². The van der Waals surface area contributed by atoms with Crippen molar-refractivity contribution in [3.8, 4) is 11.1 Å². The van der Waals surface area contributed by atoms with Crippen molar-refractivity contribution < 1.29 is 29.3 Å². The monoisotopic (exact) mass is 464 g/mol. The van der Waals surface area contributed by atoms with E-state index in [2.05, 4.69) is 34.9 Å². The zero-order chi connectivity index (χ0) is 23.9. The third-order valence-corrected chi connectivity index (χ3v) is 7.55. The van der Waals surface area contributed by atoms with Crippen molar-refractivity contribution in [1.29, 1.82) is 0 Å². The molecular formula is C26H28N2O6. The molecule has 0 heterocycles. The van der Waals surface area contributed by atoms with Crippen LogP contribution in [0.1, 0.15) is 42.7 Å². The highest BCUT2D eigenvalue weighted by atomic mass is 16.5. The van der Waals surface area contributed by atoms with Gasteiger partial charge in [0.1, 0.15) is 12.6 Å². The minimum Gasteiger partial charge on any atom is -0.480 e. The number of carbonyl (C=O) groups is 3. The maximum atomic E-state index is 12.8. The lowest BCUT2D eigenvalue weighted by Gasteiger charge is -2.21. The summed E-state index contributed by atoms with van der Waals surface area (Å²) >= 11 is 0. The van der Waals surface area contributed by atoms with E-state index in [9.17, 15) is 19.5 Å². The van der Waals surface area contributed by atoms with E-state index < -0.39 is 23.5 Å². The van der Waals surface area contributed by atoms with E-state index in [1.54, 1.807) is 0 Å². The molecule has 2 saturated carbocycles. The SMILES string of the molecule is O=C(NC1CC2CC2(C(=O)NC(CCO)C(=O)O)C1)OCC1c2ccccc2-c2ccccc21. The highest BCUT2D eigenvalue weighted by Crippen LogP contribution is 2.63. The van der Waals surface area contributed by atoms with E-state index in [1.807, 2.05) is 24.3 Å². The van der Waals surface area contributed by atoms with Crippen molar-refractivity contribution in [3.05, 3.63) is 59.7 Å². The fourth-order valence-corrected chi connectivity index (χ4v) is 5.78. The van der Waals surface area contributed by atoms with Crippen LogP contribution >= 0.6 is 0 Å². The van der Waals surface area contributed by atoms with Gasteiger partial charge in [0, 0.05) is 25.0 Å². The molecule has 0 bridgehead atoms. The molecule has 0 radical (unpaired) electrons. The first-order valence-electron chi connectivity index (χ1n) is 11.7. The van der Waals surface area contributed by atoms with E-state index in [0.717, 1.165) is 22.3 Å². The Morgan fingerprint density at radius 2 is 1.68 bits per heavy atom. The summed E-state index contributed by atoms with van der Waals surface area (Å²) in [5.74, 6) is -1.38. The van der Waals surface area contributed by atoms with Crippen LogP contribution < -0.4 is 10.6 Å². The van der Waals surface area contributed by atoms with Crippen LogP contribution in [0.25, 0.3) is 11.1 Å². The number of fused-ring (bicyclic) bond motifs is 4. The summed E-state index contributed by atoms with van der Waals surface area (Å²) in [5.41, 5.74) is 3.98. The molecule has 4 unspecified atom stereocenters. The number of carboxylic acid groups (broad SMARTS) is 1. The third kappa shape index (κ3) is 3.92. The molecule has 8 heteroatoms. The molecule has 4 atom stereocenters. The fourth-order valence-electron chi connectivity index (χ4n) is 5.78. The van der Waals surface area contributed by atoms with Gasteiger partial charge in [0.25, 0.3) is 0 Å². The summed E-state index contributed by atoms with van der Waals surface area (Å²) in [4.78, 5) is 36.7. The number of nitrogens with one attached hydrogen (secondary N) is 2. The number of hydrogen-bond donors (Lipinski definition) is 4. The van der Waals surface area contributed by atoms with Gasteiger partial charge in [0.15, 0.2) is 0 Å². The number of hydrogen-bond acceptors (Lipinski definition) is 5. The molecule has 3 aliphatic rings. The minimum absolute atomic E-state index is 0.0215. The van der Waals surface area contributed by atoms with Gasteiger partial charge >= 0.3 is 12.1 Å². The number of carbonyl (C=O) groups excluding carboxylic acids is 2. The number of amides is 2. The van der Waals surface area contributed by atoms with Crippen molar-refractivity contribution in [2.24, 2.45) is 11.3 Å². The van der Waals surface area contributed by atoms with E-state index in [4.69, 9.17) is 9.84 Å². The molecule has 2 aromatic rings. The van der Waals surface area contributed by atoms with Crippen LogP contribution in [0.2, 0.25) is 0 Å². The molecule has 0 aliphatic heterocycles. The number of alkyl carbamates (subject to hydrolysis) is 1. The predicted octanol–water partition coefficient (Wildman–Crippen LogP) is 2.65. The molecule has 0 saturated heterocycles. The van der Waals surface area contributed by atoms with Crippen molar-refractivity contribution >= 4 is 18.0 Å². The summed E-state index contributed by atoms with van der Waals surface area (Å²) in [6.45, 7) is -0.0945. The van der Waals surface area contributed by atoms with Crippen LogP contribution in [0.15, 0.2) is 48.5 Å². The zero-order valence-corrected chi connectivity index (χ0v) is 18.7. The Kier molecular flexibility index (Phi) is 5.77. The smallest absolute Gasteiger partial charge is 0.407 e. The molecule has 2 amide bonds. The quantitative estimate of drug-likeness (QED) is 0.476.